The molecule has 1 N–H and O–H groups in total. The maximum Gasteiger partial charge on any atom is 0.118 e. The zero-order valence-electron chi connectivity index (χ0n) is 13.8. The van der Waals surface area contributed by atoms with Gasteiger partial charge >= 0.3 is 0 Å². The molecule has 0 aliphatic heterocycles. The van der Waals surface area contributed by atoms with Crippen molar-refractivity contribution in [1.29, 1.82) is 0 Å². The van der Waals surface area contributed by atoms with Gasteiger partial charge in [-0.1, -0.05) is 13.8 Å². The van der Waals surface area contributed by atoms with Crippen LogP contribution in [-0.4, -0.2) is 24.0 Å². The highest BCUT2D eigenvalue weighted by molar-refractivity contribution is 5.21. The summed E-state index contributed by atoms with van der Waals surface area (Å²) in [5.41, 5.74) is 1.33. The highest BCUT2D eigenvalue weighted by Crippen LogP contribution is 2.35. The van der Waals surface area contributed by atoms with E-state index in [1.807, 2.05) is 0 Å². The van der Waals surface area contributed by atoms with E-state index in [2.05, 4.69) is 37.1 Å². The quantitative estimate of drug-likeness (QED) is 0.751. The van der Waals surface area contributed by atoms with E-state index in [0.29, 0.717) is 5.92 Å². The molecule has 3 rings (SSSR count). The number of aryl methyl sites for hydroxylation is 1. The van der Waals surface area contributed by atoms with Gasteiger partial charge in [0.15, 0.2) is 0 Å². The van der Waals surface area contributed by atoms with Crippen LogP contribution in [0.4, 0.5) is 0 Å². The number of hydrogen-bond acceptors (Lipinski definition) is 3. The Balaban J connectivity index is 1.54. The van der Waals surface area contributed by atoms with Crippen molar-refractivity contribution in [3.8, 4) is 0 Å². The maximum absolute atomic E-state index is 6.00. The molecule has 3 nitrogen and oxygen atoms in total. The van der Waals surface area contributed by atoms with Crippen LogP contribution in [0.2, 0.25) is 0 Å². The van der Waals surface area contributed by atoms with Gasteiger partial charge in [-0.25, -0.2) is 0 Å². The Labute approximate surface area is 129 Å². The van der Waals surface area contributed by atoms with Crippen molar-refractivity contribution >= 4 is 0 Å². The van der Waals surface area contributed by atoms with E-state index in [0.717, 1.165) is 43.1 Å². The molecule has 0 radical (unpaired) electrons. The predicted octanol–water partition coefficient (Wildman–Crippen LogP) is 3.71. The molecule has 0 saturated heterocycles. The molecule has 0 bridgehead atoms. The summed E-state index contributed by atoms with van der Waals surface area (Å²) in [5, 5.41) is 3.51. The van der Waals surface area contributed by atoms with Crippen LogP contribution in [0.5, 0.6) is 0 Å². The Morgan fingerprint density at radius 1 is 1.29 bits per heavy atom. The Bertz CT molecular complexity index is 458. The monoisotopic (exact) mass is 290 g/mol. The maximum atomic E-state index is 6.00. The van der Waals surface area contributed by atoms with Crippen molar-refractivity contribution < 1.29 is 4.42 Å². The molecule has 2 aliphatic rings. The van der Waals surface area contributed by atoms with Gasteiger partial charge in [-0.15, -0.1) is 0 Å². The number of rotatable bonds is 9. The van der Waals surface area contributed by atoms with Gasteiger partial charge in [-0.3, -0.25) is 4.90 Å². The summed E-state index contributed by atoms with van der Waals surface area (Å²) in [6.45, 7) is 10.9. The minimum atomic E-state index is 0.695. The zero-order valence-corrected chi connectivity index (χ0v) is 13.8. The molecule has 3 heteroatoms. The van der Waals surface area contributed by atoms with Gasteiger partial charge in [0.2, 0.25) is 0 Å². The third-order valence-corrected chi connectivity index (χ3v) is 4.55. The lowest BCUT2D eigenvalue weighted by Gasteiger charge is -2.20. The molecule has 2 fully saturated rings. The molecule has 21 heavy (non-hydrogen) atoms. The van der Waals surface area contributed by atoms with Crippen molar-refractivity contribution in [1.82, 2.24) is 10.2 Å². The van der Waals surface area contributed by atoms with Gasteiger partial charge < -0.3 is 9.73 Å². The predicted molar refractivity (Wildman–Crippen MR) is 86.1 cm³/mol. The molecular formula is C18H30N2O. The Kier molecular flexibility index (Phi) is 4.70. The third-order valence-electron chi connectivity index (χ3n) is 4.55. The largest absolute Gasteiger partial charge is 0.465 e. The van der Waals surface area contributed by atoms with E-state index < -0.39 is 0 Å². The summed E-state index contributed by atoms with van der Waals surface area (Å²) in [5.74, 6) is 3.90. The molecule has 118 valence electrons. The van der Waals surface area contributed by atoms with Crippen LogP contribution >= 0.6 is 0 Å². The smallest absolute Gasteiger partial charge is 0.118 e. The first-order chi connectivity index (χ1) is 10.1. The van der Waals surface area contributed by atoms with E-state index in [-0.39, 0.29) is 0 Å². The summed E-state index contributed by atoms with van der Waals surface area (Å²) < 4.78 is 6.00. The minimum Gasteiger partial charge on any atom is -0.465 e. The van der Waals surface area contributed by atoms with E-state index in [9.17, 15) is 0 Å². The summed E-state index contributed by atoms with van der Waals surface area (Å²) in [6.07, 6.45) is 5.64. The second-order valence-corrected chi connectivity index (χ2v) is 7.42. The fourth-order valence-electron chi connectivity index (χ4n) is 2.95. The molecule has 0 unspecified atom stereocenters. The summed E-state index contributed by atoms with van der Waals surface area (Å²) in [7, 11) is 0. The van der Waals surface area contributed by atoms with Crippen LogP contribution in [0, 0.1) is 18.8 Å². The number of furan rings is 1. The molecular weight excluding hydrogens is 260 g/mol. The Morgan fingerprint density at radius 2 is 2.05 bits per heavy atom. The Morgan fingerprint density at radius 3 is 2.67 bits per heavy atom. The van der Waals surface area contributed by atoms with Crippen molar-refractivity contribution in [3.05, 3.63) is 23.2 Å². The highest BCUT2D eigenvalue weighted by atomic mass is 16.3. The van der Waals surface area contributed by atoms with E-state index >= 15 is 0 Å². The van der Waals surface area contributed by atoms with Crippen molar-refractivity contribution in [2.45, 2.75) is 65.6 Å². The number of nitrogens with zero attached hydrogens (tertiary/aromatic N) is 1. The second-order valence-electron chi connectivity index (χ2n) is 7.42. The molecule has 2 aliphatic carbocycles. The van der Waals surface area contributed by atoms with Gasteiger partial charge in [0, 0.05) is 24.7 Å². The van der Waals surface area contributed by atoms with Crippen LogP contribution in [0.15, 0.2) is 10.5 Å². The Hall–Kier alpha value is -0.800. The minimum absolute atomic E-state index is 0.695. The van der Waals surface area contributed by atoms with E-state index in [1.165, 1.54) is 37.8 Å². The van der Waals surface area contributed by atoms with Gasteiger partial charge in [-0.05, 0) is 57.1 Å². The molecule has 2 saturated carbocycles. The van der Waals surface area contributed by atoms with Crippen molar-refractivity contribution in [2.24, 2.45) is 11.8 Å². The summed E-state index contributed by atoms with van der Waals surface area (Å²) in [4.78, 5) is 2.65. The van der Waals surface area contributed by atoms with Crippen molar-refractivity contribution in [3.63, 3.8) is 0 Å². The molecule has 1 heterocycles. The van der Waals surface area contributed by atoms with E-state index in [1.54, 1.807) is 0 Å². The average Bonchev–Trinajstić information content (AvgIpc) is 3.30. The van der Waals surface area contributed by atoms with Crippen LogP contribution in [0.1, 0.15) is 56.6 Å². The second kappa shape index (κ2) is 6.53. The topological polar surface area (TPSA) is 28.4 Å². The fraction of sp³-hybridized carbons (Fsp3) is 0.778. The summed E-state index contributed by atoms with van der Waals surface area (Å²) >= 11 is 0. The SMILES string of the molecule is Cc1oc(CN(CC2CC2)C2CC2)cc1CNCC(C)C. The fourth-order valence-corrected chi connectivity index (χ4v) is 2.95. The molecule has 0 aromatic carbocycles. The van der Waals surface area contributed by atoms with E-state index in [4.69, 9.17) is 4.42 Å². The summed E-state index contributed by atoms with van der Waals surface area (Å²) in [6, 6.07) is 3.10. The standard InChI is InChI=1S/C18H30N2O/c1-13(2)9-19-10-16-8-18(21-14(16)3)12-20(17-6-7-17)11-15-4-5-15/h8,13,15,17,19H,4-7,9-12H2,1-3H3. The lowest BCUT2D eigenvalue weighted by molar-refractivity contribution is 0.223. The highest BCUT2D eigenvalue weighted by Gasteiger charge is 2.34. The first-order valence-electron chi connectivity index (χ1n) is 8.64. The van der Waals surface area contributed by atoms with Crippen LogP contribution in [0.25, 0.3) is 0 Å². The lowest BCUT2D eigenvalue weighted by atomic mass is 10.2. The third kappa shape index (κ3) is 4.58. The normalized spacial score (nSPS) is 18.9. The van der Waals surface area contributed by atoms with Gasteiger partial charge in [-0.2, -0.15) is 0 Å². The lowest BCUT2D eigenvalue weighted by Crippen LogP contribution is -2.27. The molecule has 0 amide bonds. The molecule has 1 aromatic rings. The van der Waals surface area contributed by atoms with Gasteiger partial charge in [0.1, 0.15) is 11.5 Å². The number of nitrogens with one attached hydrogen (secondary N) is 1. The van der Waals surface area contributed by atoms with Gasteiger partial charge in [0.25, 0.3) is 0 Å². The average molecular weight is 290 g/mol. The molecule has 1 aromatic heterocycles. The van der Waals surface area contributed by atoms with Crippen molar-refractivity contribution in [2.75, 3.05) is 13.1 Å². The number of hydrogen-bond donors (Lipinski definition) is 1. The van der Waals surface area contributed by atoms with Crippen LogP contribution in [-0.2, 0) is 13.1 Å². The zero-order chi connectivity index (χ0) is 14.8. The van der Waals surface area contributed by atoms with Crippen LogP contribution in [0.3, 0.4) is 0 Å². The van der Waals surface area contributed by atoms with Crippen LogP contribution < -0.4 is 5.32 Å². The molecule has 0 atom stereocenters. The van der Waals surface area contributed by atoms with Gasteiger partial charge in [0.05, 0.1) is 6.54 Å². The molecule has 0 spiro atoms. The first kappa shape index (κ1) is 15.1. The first-order valence-corrected chi connectivity index (χ1v) is 8.64.